The fourth-order valence-electron chi connectivity index (χ4n) is 1.71. The van der Waals surface area contributed by atoms with Crippen LogP contribution in [0.4, 0.5) is 5.69 Å². The number of hydrogen-bond donors (Lipinski definition) is 3. The van der Waals surface area contributed by atoms with Crippen LogP contribution in [0.5, 0.6) is 5.75 Å². The molecule has 0 fully saturated rings. The fourth-order valence-corrected chi connectivity index (χ4v) is 2.17. The van der Waals surface area contributed by atoms with Crippen LogP contribution < -0.4 is 5.73 Å². The highest BCUT2D eigenvalue weighted by Gasteiger charge is 2.32. The number of nitro benzene ring substituents is 1. The lowest BCUT2D eigenvalue weighted by molar-refractivity contribution is -0.386. The molecule has 0 heterocycles. The molecule has 0 bridgehead atoms. The maximum Gasteiger partial charge on any atom is 0.312 e. The Hall–Kier alpha value is -1.18. The molecule has 2 atom stereocenters. The van der Waals surface area contributed by atoms with Gasteiger partial charge in [0.2, 0.25) is 0 Å². The number of rotatable bonds is 3. The molecule has 1 rings (SSSR count). The van der Waals surface area contributed by atoms with Crippen LogP contribution in [0.25, 0.3) is 0 Å². The minimum Gasteiger partial charge on any atom is -0.502 e. The first kappa shape index (κ1) is 15.9. The van der Waals surface area contributed by atoms with Gasteiger partial charge in [-0.2, -0.15) is 0 Å². The van der Waals surface area contributed by atoms with Crippen molar-refractivity contribution in [3.05, 3.63) is 32.3 Å². The van der Waals surface area contributed by atoms with Crippen molar-refractivity contribution in [1.82, 2.24) is 0 Å². The predicted octanol–water partition coefficient (Wildman–Crippen LogP) is 2.47. The van der Waals surface area contributed by atoms with Gasteiger partial charge < -0.3 is 15.9 Å². The Bertz CT molecular complexity index is 499. The van der Waals surface area contributed by atoms with Crippen LogP contribution in [0.3, 0.4) is 0 Å². The summed E-state index contributed by atoms with van der Waals surface area (Å²) in [6.45, 7) is 5.38. The SMILES string of the molecule is CC(C)(C)[C@H](O)[C@H](N)c1cc(Br)cc([N+](=O)[O-])c1O. The van der Waals surface area contributed by atoms with Gasteiger partial charge in [-0.1, -0.05) is 36.7 Å². The van der Waals surface area contributed by atoms with E-state index in [2.05, 4.69) is 15.9 Å². The Balaban J connectivity index is 3.31. The number of phenolic OH excluding ortho intramolecular Hbond substituents is 1. The minimum atomic E-state index is -0.952. The Labute approximate surface area is 119 Å². The molecule has 0 aliphatic carbocycles. The van der Waals surface area contributed by atoms with Gasteiger partial charge in [0, 0.05) is 16.1 Å². The lowest BCUT2D eigenvalue weighted by atomic mass is 9.82. The molecule has 7 heteroatoms. The number of phenols is 1. The van der Waals surface area contributed by atoms with Crippen molar-refractivity contribution in [2.24, 2.45) is 11.1 Å². The van der Waals surface area contributed by atoms with Crippen LogP contribution in [0.2, 0.25) is 0 Å². The maximum absolute atomic E-state index is 10.8. The number of aliphatic hydroxyl groups excluding tert-OH is 1. The zero-order valence-corrected chi connectivity index (χ0v) is 12.5. The van der Waals surface area contributed by atoms with E-state index in [1.54, 1.807) is 20.8 Å². The summed E-state index contributed by atoms with van der Waals surface area (Å²) in [7, 11) is 0. The zero-order valence-electron chi connectivity index (χ0n) is 10.9. The van der Waals surface area contributed by atoms with Gasteiger partial charge in [0.05, 0.1) is 17.1 Å². The molecule has 6 nitrogen and oxygen atoms in total. The van der Waals surface area contributed by atoms with Gasteiger partial charge in [0.1, 0.15) is 0 Å². The van der Waals surface area contributed by atoms with Crippen LogP contribution in [-0.2, 0) is 0 Å². The number of nitro groups is 1. The van der Waals surface area contributed by atoms with Crippen LogP contribution in [-0.4, -0.2) is 21.2 Å². The molecular weight excluding hydrogens is 316 g/mol. The fraction of sp³-hybridized carbons (Fsp3) is 0.500. The molecule has 0 aliphatic heterocycles. The van der Waals surface area contributed by atoms with Gasteiger partial charge in [-0.15, -0.1) is 0 Å². The summed E-state index contributed by atoms with van der Waals surface area (Å²) in [6, 6.07) is 1.74. The molecule has 0 radical (unpaired) electrons. The summed E-state index contributed by atoms with van der Waals surface area (Å²) < 4.78 is 0.420. The van der Waals surface area contributed by atoms with E-state index in [0.29, 0.717) is 4.47 Å². The molecule has 1 aromatic carbocycles. The standard InChI is InChI=1S/C12H17BrN2O4/c1-12(2,3)11(17)9(14)7-4-6(13)5-8(10(7)16)15(18)19/h4-5,9,11,16-17H,14H2,1-3H3/t9-,11-/m1/s1. The first-order chi connectivity index (χ1) is 8.55. The molecular formula is C12H17BrN2O4. The molecule has 0 aliphatic rings. The number of aromatic hydroxyl groups is 1. The first-order valence-corrected chi connectivity index (χ1v) is 6.45. The number of halogens is 1. The topological polar surface area (TPSA) is 110 Å². The zero-order chi connectivity index (χ0) is 15.0. The van der Waals surface area contributed by atoms with E-state index < -0.39 is 33.9 Å². The molecule has 0 aromatic heterocycles. The van der Waals surface area contributed by atoms with Crippen molar-refractivity contribution in [3.8, 4) is 5.75 Å². The molecule has 0 saturated heterocycles. The number of hydrogen-bond acceptors (Lipinski definition) is 5. The van der Waals surface area contributed by atoms with Crippen molar-refractivity contribution in [3.63, 3.8) is 0 Å². The third-order valence-corrected chi connectivity index (χ3v) is 3.33. The number of nitrogens with zero attached hydrogens (tertiary/aromatic N) is 1. The van der Waals surface area contributed by atoms with E-state index in [1.165, 1.54) is 12.1 Å². The van der Waals surface area contributed by atoms with Gasteiger partial charge in [-0.3, -0.25) is 10.1 Å². The summed E-state index contributed by atoms with van der Waals surface area (Å²) in [6.07, 6.45) is -0.952. The largest absolute Gasteiger partial charge is 0.502 e. The quantitative estimate of drug-likeness (QED) is 0.581. The van der Waals surface area contributed by atoms with Crippen molar-refractivity contribution >= 4 is 21.6 Å². The van der Waals surface area contributed by atoms with Crippen molar-refractivity contribution < 1.29 is 15.1 Å². The maximum atomic E-state index is 10.8. The Kier molecular flexibility index (Phi) is 4.54. The second kappa shape index (κ2) is 5.44. The minimum absolute atomic E-state index is 0.142. The van der Waals surface area contributed by atoms with Crippen LogP contribution in [0.1, 0.15) is 32.4 Å². The molecule has 1 aromatic rings. The lowest BCUT2D eigenvalue weighted by Crippen LogP contribution is -2.37. The summed E-state index contributed by atoms with van der Waals surface area (Å²) >= 11 is 3.13. The first-order valence-electron chi connectivity index (χ1n) is 5.66. The van der Waals surface area contributed by atoms with Crippen molar-refractivity contribution in [2.45, 2.75) is 32.9 Å². The highest BCUT2D eigenvalue weighted by molar-refractivity contribution is 9.10. The molecule has 0 amide bonds. The number of nitrogens with two attached hydrogens (primary N) is 1. The second-order valence-electron chi connectivity index (χ2n) is 5.46. The Morgan fingerprint density at radius 3 is 2.37 bits per heavy atom. The van der Waals surface area contributed by atoms with E-state index in [0.717, 1.165) is 0 Å². The van der Waals surface area contributed by atoms with E-state index >= 15 is 0 Å². The van der Waals surface area contributed by atoms with Crippen LogP contribution in [0, 0.1) is 15.5 Å². The molecule has 0 spiro atoms. The molecule has 106 valence electrons. The summed E-state index contributed by atoms with van der Waals surface area (Å²) in [5.74, 6) is -0.510. The van der Waals surface area contributed by atoms with Crippen molar-refractivity contribution in [1.29, 1.82) is 0 Å². The highest BCUT2D eigenvalue weighted by atomic mass is 79.9. The second-order valence-corrected chi connectivity index (χ2v) is 6.37. The molecule has 4 N–H and O–H groups in total. The summed E-state index contributed by atoms with van der Waals surface area (Å²) in [5.41, 5.74) is 5.10. The summed E-state index contributed by atoms with van der Waals surface area (Å²) in [4.78, 5) is 10.1. The van der Waals surface area contributed by atoms with Crippen molar-refractivity contribution in [2.75, 3.05) is 0 Å². The van der Waals surface area contributed by atoms with Gasteiger partial charge in [-0.05, 0) is 11.5 Å². The van der Waals surface area contributed by atoms with E-state index in [9.17, 15) is 20.3 Å². The summed E-state index contributed by atoms with van der Waals surface area (Å²) in [5, 5.41) is 30.9. The monoisotopic (exact) mass is 332 g/mol. The normalized spacial score (nSPS) is 15.1. The van der Waals surface area contributed by atoms with E-state index in [-0.39, 0.29) is 5.56 Å². The molecule has 19 heavy (non-hydrogen) atoms. The average molecular weight is 333 g/mol. The third kappa shape index (κ3) is 3.43. The molecule has 0 unspecified atom stereocenters. The van der Waals surface area contributed by atoms with E-state index in [1.807, 2.05) is 0 Å². The van der Waals surface area contributed by atoms with Crippen LogP contribution >= 0.6 is 15.9 Å². The Morgan fingerprint density at radius 1 is 1.42 bits per heavy atom. The number of benzene rings is 1. The van der Waals surface area contributed by atoms with Gasteiger partial charge >= 0.3 is 5.69 Å². The Morgan fingerprint density at radius 2 is 1.95 bits per heavy atom. The highest BCUT2D eigenvalue weighted by Crippen LogP contribution is 2.39. The smallest absolute Gasteiger partial charge is 0.312 e. The molecule has 0 saturated carbocycles. The number of aliphatic hydroxyl groups is 1. The van der Waals surface area contributed by atoms with Gasteiger partial charge in [0.25, 0.3) is 0 Å². The van der Waals surface area contributed by atoms with Crippen LogP contribution in [0.15, 0.2) is 16.6 Å². The predicted molar refractivity (Wildman–Crippen MR) is 74.9 cm³/mol. The third-order valence-electron chi connectivity index (χ3n) is 2.87. The average Bonchev–Trinajstić information content (AvgIpc) is 2.28. The van der Waals surface area contributed by atoms with E-state index in [4.69, 9.17) is 5.73 Å². The van der Waals surface area contributed by atoms with Gasteiger partial charge in [0.15, 0.2) is 5.75 Å². The lowest BCUT2D eigenvalue weighted by Gasteiger charge is -2.31. The van der Waals surface area contributed by atoms with Gasteiger partial charge in [-0.25, -0.2) is 0 Å².